The van der Waals surface area contributed by atoms with Gasteiger partial charge in [-0.05, 0) is 82.9 Å². The summed E-state index contributed by atoms with van der Waals surface area (Å²) in [5.41, 5.74) is 5.18. The molecule has 2 aromatic heterocycles. The molecule has 7 heteroatoms. The quantitative estimate of drug-likeness (QED) is 0.398. The first-order valence-corrected chi connectivity index (χ1v) is 13.9. The molecule has 2 aliphatic rings. The van der Waals surface area contributed by atoms with E-state index in [2.05, 4.69) is 47.4 Å². The van der Waals surface area contributed by atoms with Crippen LogP contribution in [0.4, 0.5) is 10.5 Å². The molecule has 0 radical (unpaired) electrons. The molecule has 200 valence electrons. The van der Waals surface area contributed by atoms with Crippen molar-refractivity contribution >= 4 is 11.8 Å². The van der Waals surface area contributed by atoms with Gasteiger partial charge in [0, 0.05) is 43.6 Å². The van der Waals surface area contributed by atoms with Gasteiger partial charge in [-0.25, -0.2) is 14.8 Å². The number of carbonyl (C=O) groups excluding carboxylic acids is 1. The van der Waals surface area contributed by atoms with E-state index in [1.165, 1.54) is 5.56 Å². The highest BCUT2D eigenvalue weighted by Gasteiger charge is 2.27. The smallest absolute Gasteiger partial charge is 0.410 e. The third kappa shape index (κ3) is 6.69. The molecule has 7 nitrogen and oxygen atoms in total. The number of hydrogen-bond donors (Lipinski definition) is 0. The molecule has 1 fully saturated rings. The number of hydrogen-bond acceptors (Lipinski definition) is 6. The number of anilines is 1. The Morgan fingerprint density at radius 1 is 1.00 bits per heavy atom. The van der Waals surface area contributed by atoms with Crippen molar-refractivity contribution in [3.8, 4) is 11.4 Å². The van der Waals surface area contributed by atoms with Crippen molar-refractivity contribution in [2.75, 3.05) is 24.5 Å². The number of aryl methyl sites for hydroxylation is 2. The van der Waals surface area contributed by atoms with E-state index in [9.17, 15) is 4.79 Å². The maximum absolute atomic E-state index is 12.3. The van der Waals surface area contributed by atoms with Crippen molar-refractivity contribution in [3.63, 3.8) is 0 Å². The van der Waals surface area contributed by atoms with E-state index in [4.69, 9.17) is 19.7 Å². The molecule has 2 aliphatic heterocycles. The molecule has 0 aliphatic carbocycles. The number of carbonyl (C=O) groups is 1. The Hall–Kier alpha value is -3.48. The minimum atomic E-state index is -0.446. The molecule has 0 unspecified atom stereocenters. The molecule has 0 bridgehead atoms. The van der Waals surface area contributed by atoms with Crippen molar-refractivity contribution in [2.45, 2.75) is 71.4 Å². The van der Waals surface area contributed by atoms with Crippen LogP contribution in [0.25, 0.3) is 11.4 Å². The van der Waals surface area contributed by atoms with Crippen LogP contribution in [0.2, 0.25) is 0 Å². The van der Waals surface area contributed by atoms with E-state index in [0.29, 0.717) is 5.92 Å². The van der Waals surface area contributed by atoms with Gasteiger partial charge in [0.25, 0.3) is 0 Å². The number of pyridine rings is 1. The SMILES string of the molecule is CC(C)(C)OC(=O)N1CCC(CCc2ccc(-c3ncc4c(n3)CCCN4Cc3ccccc3)cn2)CC1. The minimum Gasteiger partial charge on any atom is -0.444 e. The lowest BCUT2D eigenvalue weighted by atomic mass is 9.91. The first-order valence-electron chi connectivity index (χ1n) is 13.9. The van der Waals surface area contributed by atoms with Crippen LogP contribution in [-0.2, 0) is 24.1 Å². The summed E-state index contributed by atoms with van der Waals surface area (Å²) >= 11 is 0. The number of rotatable bonds is 6. The number of amides is 1. The van der Waals surface area contributed by atoms with Crippen LogP contribution in [0.5, 0.6) is 0 Å². The third-order valence-electron chi connectivity index (χ3n) is 7.40. The zero-order chi connectivity index (χ0) is 26.5. The van der Waals surface area contributed by atoms with Crippen LogP contribution in [-0.4, -0.2) is 51.2 Å². The minimum absolute atomic E-state index is 0.193. The molecule has 38 heavy (non-hydrogen) atoms. The first kappa shape index (κ1) is 26.1. The number of nitrogens with zero attached hydrogens (tertiary/aromatic N) is 5. The van der Waals surface area contributed by atoms with Gasteiger partial charge in [0.15, 0.2) is 5.82 Å². The second-order valence-electron chi connectivity index (χ2n) is 11.5. The van der Waals surface area contributed by atoms with Crippen molar-refractivity contribution in [1.82, 2.24) is 19.9 Å². The summed E-state index contributed by atoms with van der Waals surface area (Å²) in [4.78, 5) is 30.9. The Kier molecular flexibility index (Phi) is 7.91. The van der Waals surface area contributed by atoms with Crippen LogP contribution in [0.15, 0.2) is 54.9 Å². The highest BCUT2D eigenvalue weighted by Crippen LogP contribution is 2.29. The zero-order valence-corrected chi connectivity index (χ0v) is 22.9. The maximum Gasteiger partial charge on any atom is 0.410 e. The monoisotopic (exact) mass is 513 g/mol. The van der Waals surface area contributed by atoms with Crippen LogP contribution in [0, 0.1) is 5.92 Å². The number of piperidine rings is 1. The lowest BCUT2D eigenvalue weighted by Gasteiger charge is -2.33. The maximum atomic E-state index is 12.3. The fourth-order valence-corrected chi connectivity index (χ4v) is 5.31. The highest BCUT2D eigenvalue weighted by molar-refractivity contribution is 5.68. The van der Waals surface area contributed by atoms with E-state index in [-0.39, 0.29) is 6.09 Å². The average molecular weight is 514 g/mol. The Morgan fingerprint density at radius 3 is 2.50 bits per heavy atom. The third-order valence-corrected chi connectivity index (χ3v) is 7.40. The van der Waals surface area contributed by atoms with Gasteiger partial charge in [0.1, 0.15) is 5.60 Å². The lowest BCUT2D eigenvalue weighted by molar-refractivity contribution is 0.0181. The van der Waals surface area contributed by atoms with Gasteiger partial charge in [-0.3, -0.25) is 4.98 Å². The normalized spacial score (nSPS) is 16.3. The van der Waals surface area contributed by atoms with Crippen LogP contribution >= 0.6 is 0 Å². The molecule has 1 aromatic carbocycles. The second-order valence-corrected chi connectivity index (χ2v) is 11.5. The lowest BCUT2D eigenvalue weighted by Crippen LogP contribution is -2.41. The number of likely N-dealkylation sites (tertiary alicyclic amines) is 1. The summed E-state index contributed by atoms with van der Waals surface area (Å²) in [7, 11) is 0. The molecular formula is C31H39N5O2. The molecular weight excluding hydrogens is 474 g/mol. The van der Waals surface area contributed by atoms with Gasteiger partial charge >= 0.3 is 6.09 Å². The molecule has 0 spiro atoms. The van der Waals surface area contributed by atoms with E-state index < -0.39 is 5.60 Å². The van der Waals surface area contributed by atoms with Crippen LogP contribution < -0.4 is 4.90 Å². The van der Waals surface area contributed by atoms with Crippen LogP contribution in [0.3, 0.4) is 0 Å². The summed E-state index contributed by atoms with van der Waals surface area (Å²) in [6.07, 6.45) is 9.84. The van der Waals surface area contributed by atoms with E-state index >= 15 is 0 Å². The fourth-order valence-electron chi connectivity index (χ4n) is 5.31. The number of ether oxygens (including phenoxy) is 1. The molecule has 0 atom stereocenters. The van der Waals surface area contributed by atoms with Gasteiger partial charge in [-0.2, -0.15) is 0 Å². The largest absolute Gasteiger partial charge is 0.444 e. The second kappa shape index (κ2) is 11.5. The van der Waals surface area contributed by atoms with E-state index in [1.54, 1.807) is 0 Å². The Morgan fingerprint density at radius 2 is 1.79 bits per heavy atom. The molecule has 3 aromatic rings. The van der Waals surface area contributed by atoms with E-state index in [0.717, 1.165) is 93.2 Å². The van der Waals surface area contributed by atoms with Crippen molar-refractivity contribution < 1.29 is 9.53 Å². The summed E-state index contributed by atoms with van der Waals surface area (Å²) in [6, 6.07) is 14.8. The number of aromatic nitrogens is 3. The first-order chi connectivity index (χ1) is 18.3. The van der Waals surface area contributed by atoms with E-state index in [1.807, 2.05) is 38.1 Å². The standard InChI is InChI=1S/C31H39N5O2/c1-31(2,3)38-30(37)35-18-15-23(16-19-35)11-13-26-14-12-25(20-32-26)29-33-21-28-27(34-29)10-7-17-36(28)22-24-8-5-4-6-9-24/h4-6,8-9,12,14,20-21,23H,7,10-11,13,15-19,22H2,1-3H3. The van der Waals surface area contributed by atoms with Crippen molar-refractivity contribution in [1.29, 1.82) is 0 Å². The molecule has 1 saturated heterocycles. The zero-order valence-electron chi connectivity index (χ0n) is 22.9. The highest BCUT2D eigenvalue weighted by atomic mass is 16.6. The van der Waals surface area contributed by atoms with Crippen molar-refractivity contribution in [2.24, 2.45) is 5.92 Å². The van der Waals surface area contributed by atoms with Crippen molar-refractivity contribution in [3.05, 3.63) is 71.8 Å². The predicted molar refractivity (Wildman–Crippen MR) is 150 cm³/mol. The van der Waals surface area contributed by atoms with Gasteiger partial charge in [-0.15, -0.1) is 0 Å². The average Bonchev–Trinajstić information content (AvgIpc) is 2.92. The fraction of sp³-hybridized carbons (Fsp3) is 0.484. The molecule has 0 N–H and O–H groups in total. The molecule has 4 heterocycles. The Bertz CT molecular complexity index is 1220. The Balaban J connectivity index is 1.14. The summed E-state index contributed by atoms with van der Waals surface area (Å²) in [5, 5.41) is 0. The summed E-state index contributed by atoms with van der Waals surface area (Å²) in [5.74, 6) is 1.36. The van der Waals surface area contributed by atoms with Crippen LogP contribution in [0.1, 0.15) is 63.4 Å². The summed E-state index contributed by atoms with van der Waals surface area (Å²) < 4.78 is 5.51. The molecule has 5 rings (SSSR count). The van der Waals surface area contributed by atoms with Gasteiger partial charge in [-0.1, -0.05) is 30.3 Å². The van der Waals surface area contributed by atoms with Gasteiger partial charge in [0.05, 0.1) is 17.6 Å². The van der Waals surface area contributed by atoms with Gasteiger partial charge in [0.2, 0.25) is 0 Å². The molecule has 1 amide bonds. The topological polar surface area (TPSA) is 71.5 Å². The summed E-state index contributed by atoms with van der Waals surface area (Å²) in [6.45, 7) is 9.18. The Labute approximate surface area is 226 Å². The predicted octanol–water partition coefficient (Wildman–Crippen LogP) is 6.07. The molecule has 0 saturated carbocycles. The van der Waals surface area contributed by atoms with Gasteiger partial charge < -0.3 is 14.5 Å². The number of fused-ring (bicyclic) bond motifs is 1. The number of benzene rings is 1.